The summed E-state index contributed by atoms with van der Waals surface area (Å²) in [6, 6.07) is 0. The zero-order valence-corrected chi connectivity index (χ0v) is 23.6. The van der Waals surface area contributed by atoms with Crippen molar-refractivity contribution in [3.63, 3.8) is 0 Å². The van der Waals surface area contributed by atoms with E-state index in [0.717, 1.165) is 0 Å². The van der Waals surface area contributed by atoms with Crippen molar-refractivity contribution in [1.29, 1.82) is 0 Å². The maximum atomic E-state index is 14.5. The van der Waals surface area contributed by atoms with Crippen LogP contribution in [0.2, 0.25) is 0 Å². The highest BCUT2D eigenvalue weighted by Gasteiger charge is 2.94. The van der Waals surface area contributed by atoms with Crippen molar-refractivity contribution < 1.29 is 137 Å². The highest BCUT2D eigenvalue weighted by Crippen LogP contribution is 2.64. The largest absolute Gasteiger partial charge is 0.460 e. The van der Waals surface area contributed by atoms with Crippen molar-refractivity contribution >= 4 is 5.97 Å². The maximum Gasteiger partial charge on any atom is 0.460 e. The van der Waals surface area contributed by atoms with Crippen LogP contribution in [0.4, 0.5) is 127 Å². The summed E-state index contributed by atoms with van der Waals surface area (Å²) in [6.45, 7) is 2.56. The second-order valence-corrected chi connectivity index (χ2v) is 10.1. The van der Waals surface area contributed by atoms with Gasteiger partial charge < -0.3 is 4.74 Å². The van der Waals surface area contributed by atoms with Gasteiger partial charge in [0.2, 0.25) is 0 Å². The van der Waals surface area contributed by atoms with Gasteiger partial charge >= 0.3 is 89.6 Å². The van der Waals surface area contributed by atoms with Gasteiger partial charge in [-0.05, 0) is 13.3 Å². The summed E-state index contributed by atoms with van der Waals surface area (Å²) in [5, 5.41) is 0. The summed E-state index contributed by atoms with van der Waals surface area (Å²) in [5.74, 6) is -105. The Hall–Kier alpha value is -2.82. The van der Waals surface area contributed by atoms with E-state index < -0.39 is 114 Å². The molecule has 0 heterocycles. The molecule has 0 saturated heterocycles. The van der Waals surface area contributed by atoms with Crippen LogP contribution in [0.3, 0.4) is 0 Å². The van der Waals surface area contributed by atoms with Crippen LogP contribution in [0.15, 0.2) is 12.2 Å². The molecule has 0 aromatic carbocycles. The zero-order valence-electron chi connectivity index (χ0n) is 23.6. The molecule has 1 unspecified atom stereocenters. The highest BCUT2D eigenvalue weighted by molar-refractivity contribution is 5.87. The number of alkyl halides is 29. The van der Waals surface area contributed by atoms with Gasteiger partial charge in [0.25, 0.3) is 0 Å². The first kappa shape index (κ1) is 49.2. The van der Waals surface area contributed by atoms with Gasteiger partial charge in [0, 0.05) is 12.0 Å². The van der Waals surface area contributed by atoms with Crippen molar-refractivity contribution in [2.24, 2.45) is 0 Å². The smallest absolute Gasteiger partial charge is 0.452 e. The molecule has 0 radical (unpaired) electrons. The molecule has 0 aliphatic rings. The molecule has 0 saturated carbocycles. The fourth-order valence-corrected chi connectivity index (χ4v) is 3.16. The zero-order chi connectivity index (χ0) is 42.9. The predicted octanol–water partition coefficient (Wildman–Crippen LogP) is 10.7. The maximum absolute atomic E-state index is 14.5. The molecule has 0 fully saturated rings. The van der Waals surface area contributed by atoms with E-state index in [-0.39, 0.29) is 6.92 Å². The van der Waals surface area contributed by atoms with Crippen molar-refractivity contribution in [2.45, 2.75) is 110 Å². The topological polar surface area (TPSA) is 26.3 Å². The molecular formula is C21H11F29O2. The SMILES string of the molecule is C=C(C)C(=O)OC(CCC(F)(F)C(F)(F)C(F)(F)C(F)(F)C(F)(F)C(F)(F)C(F)(F)C(F)F)C(F)(F)C(F)(F)C(F)(F)C(F)(F)C(F)(F)C(F)(F)F. The number of esters is 1. The van der Waals surface area contributed by atoms with Crippen LogP contribution in [-0.4, -0.2) is 95.7 Å². The van der Waals surface area contributed by atoms with Gasteiger partial charge in [-0.1, -0.05) is 6.58 Å². The Morgan fingerprint density at radius 1 is 0.481 bits per heavy atom. The lowest BCUT2D eigenvalue weighted by Gasteiger charge is -2.43. The molecule has 1 atom stereocenters. The number of hydrogen-bond acceptors (Lipinski definition) is 2. The molecule has 0 spiro atoms. The molecule has 0 rings (SSSR count). The van der Waals surface area contributed by atoms with Crippen molar-refractivity contribution in [2.75, 3.05) is 0 Å². The molecule has 0 amide bonds. The van der Waals surface area contributed by atoms with Crippen LogP contribution in [0, 0.1) is 0 Å². The number of halogens is 29. The molecule has 0 aromatic rings. The molecule has 0 aliphatic heterocycles. The van der Waals surface area contributed by atoms with Crippen LogP contribution in [-0.2, 0) is 9.53 Å². The van der Waals surface area contributed by atoms with E-state index in [1.54, 1.807) is 0 Å². The minimum atomic E-state index is -9.10. The third-order valence-corrected chi connectivity index (χ3v) is 6.41. The van der Waals surface area contributed by atoms with E-state index in [9.17, 15) is 132 Å². The summed E-state index contributed by atoms with van der Waals surface area (Å²) in [6.07, 6.45) is -27.7. The quantitative estimate of drug-likeness (QED) is 0.0828. The van der Waals surface area contributed by atoms with E-state index in [1.165, 1.54) is 0 Å². The summed E-state index contributed by atoms with van der Waals surface area (Å²) in [4.78, 5) is 11.5. The second kappa shape index (κ2) is 13.2. The van der Waals surface area contributed by atoms with Gasteiger partial charge in [-0.15, -0.1) is 0 Å². The lowest BCUT2D eigenvalue weighted by atomic mass is 9.86. The number of carbonyl (C=O) groups excluding carboxylic acids is 1. The van der Waals surface area contributed by atoms with Gasteiger partial charge in [-0.25, -0.2) is 13.6 Å². The van der Waals surface area contributed by atoms with Gasteiger partial charge in [0.05, 0.1) is 0 Å². The minimum absolute atomic E-state index is 0.168. The van der Waals surface area contributed by atoms with Crippen LogP contribution in [0.1, 0.15) is 19.8 Å². The number of ether oxygens (including phenoxy) is 1. The molecule has 0 bridgehead atoms. The van der Waals surface area contributed by atoms with E-state index in [1.807, 2.05) is 0 Å². The Labute approximate surface area is 265 Å². The predicted molar refractivity (Wildman–Crippen MR) is 105 cm³/mol. The Morgan fingerprint density at radius 3 is 1.08 bits per heavy atom. The van der Waals surface area contributed by atoms with Crippen molar-refractivity contribution in [1.82, 2.24) is 0 Å². The molecule has 0 aliphatic carbocycles. The Kier molecular flexibility index (Phi) is 12.5. The van der Waals surface area contributed by atoms with E-state index in [4.69, 9.17) is 0 Å². The second-order valence-electron chi connectivity index (χ2n) is 10.1. The van der Waals surface area contributed by atoms with Crippen LogP contribution < -0.4 is 0 Å². The average molecular weight is 846 g/mol. The van der Waals surface area contributed by atoms with Crippen molar-refractivity contribution in [3.8, 4) is 0 Å². The monoisotopic (exact) mass is 846 g/mol. The first-order valence-electron chi connectivity index (χ1n) is 11.9. The summed E-state index contributed by atoms with van der Waals surface area (Å²) in [7, 11) is 0. The van der Waals surface area contributed by atoms with Crippen LogP contribution in [0.5, 0.6) is 0 Å². The molecule has 52 heavy (non-hydrogen) atoms. The van der Waals surface area contributed by atoms with E-state index in [0.29, 0.717) is 0 Å². The first-order chi connectivity index (χ1) is 22.1. The number of carbonyl (C=O) groups is 1. The summed E-state index contributed by atoms with van der Waals surface area (Å²) >= 11 is 0. The lowest BCUT2D eigenvalue weighted by Crippen LogP contribution is -2.73. The molecular weight excluding hydrogens is 835 g/mol. The van der Waals surface area contributed by atoms with Gasteiger partial charge in [0.1, 0.15) is 0 Å². The van der Waals surface area contributed by atoms with Crippen LogP contribution in [0.25, 0.3) is 0 Å². The average Bonchev–Trinajstić information content (AvgIpc) is 2.92. The fraction of sp³-hybridized carbons (Fsp3) is 0.857. The fourth-order valence-electron chi connectivity index (χ4n) is 3.16. The summed E-state index contributed by atoms with van der Waals surface area (Å²) in [5.41, 5.74) is -1.54. The molecule has 0 aromatic heterocycles. The number of rotatable bonds is 17. The Bertz CT molecular complexity index is 1310. The van der Waals surface area contributed by atoms with Gasteiger partial charge in [-0.3, -0.25) is 0 Å². The van der Waals surface area contributed by atoms with Crippen molar-refractivity contribution in [3.05, 3.63) is 12.2 Å². The highest BCUT2D eigenvalue weighted by atomic mass is 19.4. The number of hydrogen-bond donors (Lipinski definition) is 0. The van der Waals surface area contributed by atoms with Crippen LogP contribution >= 0.6 is 0 Å². The standard InChI is InChI=1S/C21H11F29O2/c1-5(2)7(51)52-6(10(26,27)13(32,33)16(38,39)19(44,45)20(46,47)21(48,49)50)3-4-9(24,25)12(30,31)15(36,37)18(42,43)17(40,41)14(34,35)11(28,29)8(22)23/h6,8H,1,3-4H2,2H3. The van der Waals surface area contributed by atoms with E-state index >= 15 is 0 Å². The lowest BCUT2D eigenvalue weighted by molar-refractivity contribution is -0.448. The Morgan fingerprint density at radius 2 is 0.769 bits per heavy atom. The molecule has 0 N–H and O–H groups in total. The minimum Gasteiger partial charge on any atom is -0.452 e. The normalized spacial score (nSPS) is 16.7. The third kappa shape index (κ3) is 6.74. The summed E-state index contributed by atoms with van der Waals surface area (Å²) < 4.78 is 393. The van der Waals surface area contributed by atoms with Gasteiger partial charge in [-0.2, -0.15) is 119 Å². The van der Waals surface area contributed by atoms with E-state index in [2.05, 4.69) is 11.3 Å². The first-order valence-corrected chi connectivity index (χ1v) is 11.9. The molecule has 31 heteroatoms. The molecule has 2 nitrogen and oxygen atoms in total. The third-order valence-electron chi connectivity index (χ3n) is 6.41. The Balaban J connectivity index is 7.31. The molecule has 310 valence electrons. The van der Waals surface area contributed by atoms with Gasteiger partial charge in [0.15, 0.2) is 6.10 Å².